The summed E-state index contributed by atoms with van der Waals surface area (Å²) in [5, 5.41) is 13.6. The zero-order valence-corrected chi connectivity index (χ0v) is 10.4. The van der Waals surface area contributed by atoms with Gasteiger partial charge in [-0.3, -0.25) is 4.79 Å². The van der Waals surface area contributed by atoms with Crippen LogP contribution in [0.2, 0.25) is 5.02 Å². The van der Waals surface area contributed by atoms with Crippen LogP contribution in [0.3, 0.4) is 0 Å². The fourth-order valence-electron chi connectivity index (χ4n) is 1.20. The van der Waals surface area contributed by atoms with Gasteiger partial charge >= 0.3 is 6.18 Å². The third-order valence-electron chi connectivity index (χ3n) is 2.15. The summed E-state index contributed by atoms with van der Waals surface area (Å²) in [7, 11) is 0. The number of halogens is 4. The summed E-state index contributed by atoms with van der Waals surface area (Å²) < 4.78 is 35.9. The van der Waals surface area contributed by atoms with Gasteiger partial charge < -0.3 is 15.7 Å². The number of anilines is 1. The van der Waals surface area contributed by atoms with Gasteiger partial charge in [0.05, 0.1) is 17.3 Å². The summed E-state index contributed by atoms with van der Waals surface area (Å²) in [6.07, 6.45) is -7.20. The first-order valence-electron chi connectivity index (χ1n) is 5.30. The molecule has 0 aliphatic rings. The van der Waals surface area contributed by atoms with Crippen molar-refractivity contribution in [3.05, 3.63) is 29.3 Å². The Morgan fingerprint density at radius 3 is 2.58 bits per heavy atom. The normalized spacial score (nSPS) is 13.1. The second-order valence-electron chi connectivity index (χ2n) is 3.72. The Balaban J connectivity index is 2.35. The lowest BCUT2D eigenvalue weighted by atomic mass is 10.3. The molecule has 1 atom stereocenters. The van der Waals surface area contributed by atoms with Crippen molar-refractivity contribution < 1.29 is 23.1 Å². The topological polar surface area (TPSA) is 61.4 Å². The highest BCUT2D eigenvalue weighted by Gasteiger charge is 2.37. The number of benzene rings is 1. The van der Waals surface area contributed by atoms with Crippen molar-refractivity contribution in [3.8, 4) is 0 Å². The molecule has 0 heterocycles. The maximum Gasteiger partial charge on any atom is 0.415 e. The number of amides is 1. The summed E-state index contributed by atoms with van der Waals surface area (Å²) in [5.41, 5.74) is 0.368. The average Bonchev–Trinajstić information content (AvgIpc) is 2.31. The van der Waals surface area contributed by atoms with Crippen LogP contribution in [0.15, 0.2) is 24.3 Å². The molecule has 1 unspecified atom stereocenters. The minimum Gasteiger partial charge on any atom is -0.382 e. The molecule has 0 radical (unpaired) electrons. The van der Waals surface area contributed by atoms with E-state index in [0.717, 1.165) is 0 Å². The van der Waals surface area contributed by atoms with Gasteiger partial charge in [0.25, 0.3) is 0 Å². The summed E-state index contributed by atoms with van der Waals surface area (Å²) in [5.74, 6) is -0.553. The average molecular weight is 297 g/mol. The highest BCUT2D eigenvalue weighted by Crippen LogP contribution is 2.20. The van der Waals surface area contributed by atoms with Crippen molar-refractivity contribution in [1.29, 1.82) is 0 Å². The van der Waals surface area contributed by atoms with Crippen molar-refractivity contribution in [2.45, 2.75) is 12.3 Å². The third kappa shape index (κ3) is 5.46. The number of carbonyl (C=O) groups excluding carboxylic acids is 1. The number of aliphatic hydroxyl groups is 1. The van der Waals surface area contributed by atoms with Crippen molar-refractivity contribution in [2.24, 2.45) is 0 Å². The highest BCUT2D eigenvalue weighted by molar-refractivity contribution is 6.33. The molecule has 1 rings (SSSR count). The molecule has 1 aromatic carbocycles. The summed E-state index contributed by atoms with van der Waals surface area (Å²) in [6, 6.07) is 6.46. The number of hydrogen-bond acceptors (Lipinski definition) is 3. The smallest absolute Gasteiger partial charge is 0.382 e. The van der Waals surface area contributed by atoms with Crippen molar-refractivity contribution in [1.82, 2.24) is 5.32 Å². The molecule has 8 heteroatoms. The second-order valence-corrected chi connectivity index (χ2v) is 4.12. The van der Waals surface area contributed by atoms with Crippen molar-refractivity contribution in [3.63, 3.8) is 0 Å². The number of carbonyl (C=O) groups is 1. The van der Waals surface area contributed by atoms with Gasteiger partial charge in [0.2, 0.25) is 5.91 Å². The molecular formula is C11H12ClF3N2O2. The van der Waals surface area contributed by atoms with E-state index < -0.39 is 24.7 Å². The molecule has 4 nitrogen and oxygen atoms in total. The molecule has 0 bridgehead atoms. The van der Waals surface area contributed by atoms with Crippen LogP contribution in [0.4, 0.5) is 18.9 Å². The molecular weight excluding hydrogens is 285 g/mol. The predicted molar refractivity (Wildman–Crippen MR) is 65.0 cm³/mol. The third-order valence-corrected chi connectivity index (χ3v) is 2.48. The van der Waals surface area contributed by atoms with Crippen LogP contribution in [0.1, 0.15) is 0 Å². The van der Waals surface area contributed by atoms with E-state index in [2.05, 4.69) is 10.6 Å². The van der Waals surface area contributed by atoms with E-state index in [1.807, 2.05) is 0 Å². The van der Waals surface area contributed by atoms with E-state index in [-0.39, 0.29) is 6.54 Å². The van der Waals surface area contributed by atoms with E-state index in [1.54, 1.807) is 24.3 Å². The number of para-hydroxylation sites is 1. The summed E-state index contributed by atoms with van der Waals surface area (Å²) in [4.78, 5) is 11.4. The molecule has 0 fully saturated rings. The van der Waals surface area contributed by atoms with E-state index in [9.17, 15) is 18.0 Å². The molecule has 0 aliphatic carbocycles. The molecule has 1 aromatic rings. The minimum atomic E-state index is -4.70. The van der Waals surface area contributed by atoms with Crippen LogP contribution >= 0.6 is 11.6 Å². The Morgan fingerprint density at radius 1 is 1.37 bits per heavy atom. The molecule has 19 heavy (non-hydrogen) atoms. The first-order chi connectivity index (χ1) is 8.80. The quantitative estimate of drug-likeness (QED) is 0.776. The standard InChI is InChI=1S/C11H12ClF3N2O2/c12-7-3-1-2-4-8(7)17-10(19)6-16-5-9(18)11(13,14)15/h1-4,9,16,18H,5-6H2,(H,17,19). The summed E-state index contributed by atoms with van der Waals surface area (Å²) in [6.45, 7) is -1.11. The molecule has 0 saturated heterocycles. The minimum absolute atomic E-state index is 0.325. The highest BCUT2D eigenvalue weighted by atomic mass is 35.5. The van der Waals surface area contributed by atoms with Crippen LogP contribution in [-0.4, -0.2) is 36.4 Å². The molecule has 0 aromatic heterocycles. The fourth-order valence-corrected chi connectivity index (χ4v) is 1.38. The van der Waals surface area contributed by atoms with Gasteiger partial charge in [-0.05, 0) is 12.1 Å². The lowest BCUT2D eigenvalue weighted by molar-refractivity contribution is -0.201. The van der Waals surface area contributed by atoms with Gasteiger partial charge in [0, 0.05) is 6.54 Å². The fraction of sp³-hybridized carbons (Fsp3) is 0.364. The number of alkyl halides is 3. The van der Waals surface area contributed by atoms with E-state index >= 15 is 0 Å². The Kier molecular flexibility index (Phi) is 5.59. The lowest BCUT2D eigenvalue weighted by Crippen LogP contribution is -2.41. The molecule has 3 N–H and O–H groups in total. The van der Waals surface area contributed by atoms with Crippen LogP contribution in [0.5, 0.6) is 0 Å². The van der Waals surface area contributed by atoms with Crippen LogP contribution in [-0.2, 0) is 4.79 Å². The molecule has 0 aliphatic heterocycles. The maximum absolute atomic E-state index is 12.0. The Bertz CT molecular complexity index is 440. The van der Waals surface area contributed by atoms with Crippen molar-refractivity contribution >= 4 is 23.2 Å². The zero-order chi connectivity index (χ0) is 14.5. The maximum atomic E-state index is 12.0. The van der Waals surface area contributed by atoms with Gasteiger partial charge in [0.1, 0.15) is 0 Å². The molecule has 0 spiro atoms. The Labute approximate surface area is 112 Å². The van der Waals surface area contributed by atoms with Crippen LogP contribution < -0.4 is 10.6 Å². The lowest BCUT2D eigenvalue weighted by Gasteiger charge is -2.15. The largest absolute Gasteiger partial charge is 0.415 e. The van der Waals surface area contributed by atoms with Gasteiger partial charge in [0.15, 0.2) is 6.10 Å². The first kappa shape index (κ1) is 15.7. The monoisotopic (exact) mass is 296 g/mol. The zero-order valence-electron chi connectivity index (χ0n) is 9.67. The van der Waals surface area contributed by atoms with Gasteiger partial charge in [-0.25, -0.2) is 0 Å². The van der Waals surface area contributed by atoms with E-state index in [1.165, 1.54) is 0 Å². The summed E-state index contributed by atoms with van der Waals surface area (Å²) >= 11 is 5.79. The number of nitrogens with one attached hydrogen (secondary N) is 2. The van der Waals surface area contributed by atoms with Crippen LogP contribution in [0, 0.1) is 0 Å². The Morgan fingerprint density at radius 2 is 2.00 bits per heavy atom. The predicted octanol–water partition coefficient (Wildman–Crippen LogP) is 1.79. The first-order valence-corrected chi connectivity index (χ1v) is 5.68. The Hall–Kier alpha value is -1.31. The molecule has 106 valence electrons. The van der Waals surface area contributed by atoms with Gasteiger partial charge in [-0.15, -0.1) is 0 Å². The van der Waals surface area contributed by atoms with Crippen molar-refractivity contribution in [2.75, 3.05) is 18.4 Å². The second kappa shape index (κ2) is 6.74. The van der Waals surface area contributed by atoms with E-state index in [0.29, 0.717) is 10.7 Å². The number of aliphatic hydroxyl groups excluding tert-OH is 1. The van der Waals surface area contributed by atoms with E-state index in [4.69, 9.17) is 16.7 Å². The van der Waals surface area contributed by atoms with Crippen LogP contribution in [0.25, 0.3) is 0 Å². The number of hydrogen-bond donors (Lipinski definition) is 3. The number of rotatable bonds is 5. The molecule has 1 amide bonds. The van der Waals surface area contributed by atoms with Gasteiger partial charge in [-0.1, -0.05) is 23.7 Å². The van der Waals surface area contributed by atoms with Gasteiger partial charge in [-0.2, -0.15) is 13.2 Å². The SMILES string of the molecule is O=C(CNCC(O)C(F)(F)F)Nc1ccccc1Cl. The molecule has 0 saturated carbocycles.